The van der Waals surface area contributed by atoms with Crippen LogP contribution in [0, 0.1) is 10.8 Å². The van der Waals surface area contributed by atoms with E-state index in [2.05, 4.69) is 46.9 Å². The molecular weight excluding hydrogens is 174 g/mol. The second-order valence-electron chi connectivity index (χ2n) is 5.77. The minimum atomic E-state index is 0.0420. The Morgan fingerprint density at radius 2 is 1.57 bits per heavy atom. The summed E-state index contributed by atoms with van der Waals surface area (Å²) >= 11 is 0. The maximum absolute atomic E-state index is 5.62. The average molecular weight is 195 g/mol. The van der Waals surface area contributed by atoms with E-state index < -0.39 is 0 Å². The zero-order valence-electron chi connectivity index (χ0n) is 10.1. The summed E-state index contributed by atoms with van der Waals surface area (Å²) in [5, 5.41) is 3.29. The fourth-order valence-corrected chi connectivity index (χ4v) is 1.45. The lowest BCUT2D eigenvalue weighted by molar-refractivity contribution is 0.214. The van der Waals surface area contributed by atoms with Gasteiger partial charge in [0.15, 0.2) is 0 Å². The molecular formula is C12H21NO. The van der Waals surface area contributed by atoms with Crippen molar-refractivity contribution >= 4 is 0 Å². The number of rotatable bonds is 0. The number of nitrogens with one attached hydrogen (secondary N) is 1. The first-order valence-electron chi connectivity index (χ1n) is 5.06. The van der Waals surface area contributed by atoms with Gasteiger partial charge in [0.05, 0.1) is 5.70 Å². The lowest BCUT2D eigenvalue weighted by Gasteiger charge is -2.33. The van der Waals surface area contributed by atoms with E-state index in [0.717, 1.165) is 5.76 Å². The third-order valence-corrected chi connectivity index (χ3v) is 2.14. The van der Waals surface area contributed by atoms with E-state index in [-0.39, 0.29) is 10.8 Å². The molecule has 0 spiro atoms. The molecule has 0 aromatic rings. The highest BCUT2D eigenvalue weighted by atomic mass is 16.5. The second kappa shape index (κ2) is 3.34. The van der Waals surface area contributed by atoms with Crippen LogP contribution in [0.4, 0.5) is 0 Å². The number of allylic oxidation sites excluding steroid dienone is 2. The Bertz CT molecular complexity index is 246. The van der Waals surface area contributed by atoms with Gasteiger partial charge in [0.1, 0.15) is 12.0 Å². The van der Waals surface area contributed by atoms with E-state index in [1.807, 2.05) is 6.20 Å². The Kier molecular flexibility index (Phi) is 2.66. The smallest absolute Gasteiger partial charge is 0.128 e. The third kappa shape index (κ3) is 2.31. The van der Waals surface area contributed by atoms with Gasteiger partial charge in [-0.05, 0) is 0 Å². The van der Waals surface area contributed by atoms with Crippen molar-refractivity contribution in [1.82, 2.24) is 5.32 Å². The van der Waals surface area contributed by atoms with E-state index in [0.29, 0.717) is 0 Å². The highest BCUT2D eigenvalue weighted by Crippen LogP contribution is 2.36. The van der Waals surface area contributed by atoms with Gasteiger partial charge in [-0.2, -0.15) is 0 Å². The van der Waals surface area contributed by atoms with Crippen molar-refractivity contribution in [3.8, 4) is 0 Å². The van der Waals surface area contributed by atoms with Crippen LogP contribution in [0.1, 0.15) is 41.5 Å². The molecule has 1 heterocycles. The molecule has 1 rings (SSSR count). The van der Waals surface area contributed by atoms with Crippen molar-refractivity contribution in [2.24, 2.45) is 10.8 Å². The van der Waals surface area contributed by atoms with Crippen molar-refractivity contribution in [3.05, 3.63) is 23.9 Å². The SMILES string of the molecule is CC(C)(C)C1=C(C(C)(C)C)OC=CN1. The van der Waals surface area contributed by atoms with Gasteiger partial charge >= 0.3 is 0 Å². The van der Waals surface area contributed by atoms with Crippen LogP contribution in [0.25, 0.3) is 0 Å². The van der Waals surface area contributed by atoms with Crippen LogP contribution in [0.15, 0.2) is 23.9 Å². The molecule has 0 aromatic heterocycles. The molecule has 0 aliphatic carbocycles. The lowest BCUT2D eigenvalue weighted by Crippen LogP contribution is -2.29. The van der Waals surface area contributed by atoms with Gasteiger partial charge in [0.25, 0.3) is 0 Å². The fourth-order valence-electron chi connectivity index (χ4n) is 1.45. The summed E-state index contributed by atoms with van der Waals surface area (Å²) in [4.78, 5) is 0. The van der Waals surface area contributed by atoms with Crippen molar-refractivity contribution in [3.63, 3.8) is 0 Å². The summed E-state index contributed by atoms with van der Waals surface area (Å²) in [6.07, 6.45) is 3.55. The molecule has 0 atom stereocenters. The normalized spacial score (nSPS) is 17.9. The van der Waals surface area contributed by atoms with Crippen molar-refractivity contribution in [2.45, 2.75) is 41.5 Å². The first kappa shape index (κ1) is 11.2. The molecule has 0 saturated carbocycles. The molecule has 2 heteroatoms. The molecule has 80 valence electrons. The maximum Gasteiger partial charge on any atom is 0.128 e. The second-order valence-corrected chi connectivity index (χ2v) is 5.77. The largest absolute Gasteiger partial charge is 0.465 e. The lowest BCUT2D eigenvalue weighted by atomic mass is 9.83. The van der Waals surface area contributed by atoms with Crippen LogP contribution in [0.5, 0.6) is 0 Å². The highest BCUT2D eigenvalue weighted by molar-refractivity contribution is 5.23. The summed E-state index contributed by atoms with van der Waals surface area (Å²) in [5.74, 6) is 1.03. The molecule has 0 unspecified atom stereocenters. The topological polar surface area (TPSA) is 21.3 Å². The molecule has 14 heavy (non-hydrogen) atoms. The Morgan fingerprint density at radius 3 is 1.93 bits per heavy atom. The number of hydrogen-bond donors (Lipinski definition) is 1. The molecule has 0 fully saturated rings. The van der Waals surface area contributed by atoms with Gasteiger partial charge in [0, 0.05) is 17.0 Å². The fraction of sp³-hybridized carbons (Fsp3) is 0.667. The monoisotopic (exact) mass is 195 g/mol. The van der Waals surface area contributed by atoms with Crippen LogP contribution in [-0.4, -0.2) is 0 Å². The van der Waals surface area contributed by atoms with E-state index in [9.17, 15) is 0 Å². The Morgan fingerprint density at radius 1 is 1.00 bits per heavy atom. The summed E-state index contributed by atoms with van der Waals surface area (Å²) in [5.41, 5.74) is 1.31. The minimum Gasteiger partial charge on any atom is -0.465 e. The van der Waals surface area contributed by atoms with Gasteiger partial charge in [-0.3, -0.25) is 0 Å². The van der Waals surface area contributed by atoms with Crippen LogP contribution in [0.2, 0.25) is 0 Å². The summed E-state index contributed by atoms with van der Waals surface area (Å²) in [7, 11) is 0. The van der Waals surface area contributed by atoms with E-state index in [1.54, 1.807) is 6.26 Å². The molecule has 1 aliphatic rings. The molecule has 1 N–H and O–H groups in total. The molecule has 0 bridgehead atoms. The number of ether oxygens (including phenoxy) is 1. The highest BCUT2D eigenvalue weighted by Gasteiger charge is 2.30. The van der Waals surface area contributed by atoms with Crippen LogP contribution >= 0.6 is 0 Å². The predicted octanol–water partition coefficient (Wildman–Crippen LogP) is 3.38. The summed E-state index contributed by atoms with van der Waals surface area (Å²) in [6.45, 7) is 13.0. The Labute approximate surface area is 87.0 Å². The Hall–Kier alpha value is -0.920. The quantitative estimate of drug-likeness (QED) is 0.639. The predicted molar refractivity (Wildman–Crippen MR) is 59.3 cm³/mol. The first-order valence-corrected chi connectivity index (χ1v) is 5.06. The standard InChI is InChI=1S/C12H21NO/c1-11(2,3)9-10(12(4,5)6)14-8-7-13-9/h7-8,13H,1-6H3. The van der Waals surface area contributed by atoms with Gasteiger partial charge in [-0.1, -0.05) is 41.5 Å². The van der Waals surface area contributed by atoms with Crippen LogP contribution in [0.3, 0.4) is 0 Å². The van der Waals surface area contributed by atoms with Crippen molar-refractivity contribution < 1.29 is 4.74 Å². The molecule has 0 amide bonds. The molecule has 0 saturated heterocycles. The van der Waals surface area contributed by atoms with Crippen LogP contribution < -0.4 is 5.32 Å². The molecule has 2 nitrogen and oxygen atoms in total. The zero-order chi connectivity index (χ0) is 11.0. The Balaban J connectivity index is 3.12. The summed E-state index contributed by atoms with van der Waals surface area (Å²) in [6, 6.07) is 0. The van der Waals surface area contributed by atoms with E-state index in [4.69, 9.17) is 4.74 Å². The van der Waals surface area contributed by atoms with Crippen molar-refractivity contribution in [2.75, 3.05) is 0 Å². The molecule has 0 radical (unpaired) electrons. The van der Waals surface area contributed by atoms with E-state index >= 15 is 0 Å². The third-order valence-electron chi connectivity index (χ3n) is 2.14. The molecule has 0 aromatic carbocycles. The van der Waals surface area contributed by atoms with Gasteiger partial charge in [0.2, 0.25) is 0 Å². The number of hydrogen-bond acceptors (Lipinski definition) is 2. The maximum atomic E-state index is 5.62. The zero-order valence-corrected chi connectivity index (χ0v) is 10.1. The van der Waals surface area contributed by atoms with E-state index in [1.165, 1.54) is 5.70 Å². The van der Waals surface area contributed by atoms with Gasteiger partial charge in [-0.15, -0.1) is 0 Å². The molecule has 1 aliphatic heterocycles. The van der Waals surface area contributed by atoms with Crippen LogP contribution in [-0.2, 0) is 4.74 Å². The minimum absolute atomic E-state index is 0.0420. The van der Waals surface area contributed by atoms with Gasteiger partial charge < -0.3 is 10.1 Å². The summed E-state index contributed by atoms with van der Waals surface area (Å²) < 4.78 is 5.62. The van der Waals surface area contributed by atoms with Gasteiger partial charge in [-0.25, -0.2) is 0 Å². The first-order chi connectivity index (χ1) is 6.23. The van der Waals surface area contributed by atoms with Crippen molar-refractivity contribution in [1.29, 1.82) is 0 Å². The average Bonchev–Trinajstić information content (AvgIpc) is 2.01.